The van der Waals surface area contributed by atoms with Gasteiger partial charge in [0.2, 0.25) is 0 Å². The molecule has 0 aromatic carbocycles. The Morgan fingerprint density at radius 2 is 2.10 bits per heavy atom. The zero-order valence-electron chi connectivity index (χ0n) is 4.97. The summed E-state index contributed by atoms with van der Waals surface area (Å²) in [4.78, 5) is 15.4. The third-order valence-corrected chi connectivity index (χ3v) is 0.985. The Balaban J connectivity index is 0.000000810. The van der Waals surface area contributed by atoms with Gasteiger partial charge >= 0.3 is 0 Å². The van der Waals surface area contributed by atoms with Crippen LogP contribution < -0.4 is 11.3 Å². The Bertz CT molecular complexity index is 287. The largest absolute Gasteiger partial charge is 0.412 e. The number of rotatable bonds is 0. The standard InChI is InChI=1S/C4H5N3OS.H2O/c5-2-1-3(8)7-4(9)6-2;/h1H,(H4,5,6,7,8,9);1H2. The van der Waals surface area contributed by atoms with E-state index >= 15 is 0 Å². The molecule has 5 nitrogen and oxygen atoms in total. The molecule has 0 aliphatic carbocycles. The van der Waals surface area contributed by atoms with Gasteiger partial charge in [-0.05, 0) is 12.2 Å². The van der Waals surface area contributed by atoms with Crippen LogP contribution in [0.1, 0.15) is 0 Å². The van der Waals surface area contributed by atoms with Crippen LogP contribution in [0.2, 0.25) is 0 Å². The van der Waals surface area contributed by atoms with Gasteiger partial charge in [-0.3, -0.25) is 9.78 Å². The van der Waals surface area contributed by atoms with Crippen molar-refractivity contribution >= 4 is 18.0 Å². The van der Waals surface area contributed by atoms with Gasteiger partial charge in [0.05, 0.1) is 0 Å². The molecule has 0 spiro atoms. The summed E-state index contributed by atoms with van der Waals surface area (Å²) < 4.78 is 0.250. The quantitative estimate of drug-likeness (QED) is 0.433. The zero-order chi connectivity index (χ0) is 6.85. The lowest BCUT2D eigenvalue weighted by Crippen LogP contribution is -2.07. The second-order valence-corrected chi connectivity index (χ2v) is 1.95. The minimum absolute atomic E-state index is 0. The molecule has 0 saturated carbocycles. The van der Waals surface area contributed by atoms with Crippen molar-refractivity contribution in [3.63, 3.8) is 0 Å². The number of nitrogens with one attached hydrogen (secondary N) is 2. The number of nitrogen functional groups attached to an aromatic ring is 1. The van der Waals surface area contributed by atoms with Crippen molar-refractivity contribution in [2.24, 2.45) is 0 Å². The van der Waals surface area contributed by atoms with Crippen LogP contribution in [-0.4, -0.2) is 15.4 Å². The van der Waals surface area contributed by atoms with Gasteiger partial charge in [-0.1, -0.05) is 0 Å². The van der Waals surface area contributed by atoms with Crippen LogP contribution in [0.3, 0.4) is 0 Å². The summed E-state index contributed by atoms with van der Waals surface area (Å²) in [6.07, 6.45) is 0. The second-order valence-electron chi connectivity index (χ2n) is 1.54. The van der Waals surface area contributed by atoms with E-state index in [0.717, 1.165) is 0 Å². The molecule has 1 aromatic rings. The van der Waals surface area contributed by atoms with Crippen LogP contribution in [-0.2, 0) is 0 Å². The van der Waals surface area contributed by atoms with E-state index in [-0.39, 0.29) is 21.6 Å². The Kier molecular flexibility index (Phi) is 2.78. The second kappa shape index (κ2) is 3.14. The van der Waals surface area contributed by atoms with Crippen LogP contribution >= 0.6 is 12.2 Å². The van der Waals surface area contributed by atoms with Gasteiger partial charge in [0.15, 0.2) is 4.77 Å². The van der Waals surface area contributed by atoms with E-state index in [0.29, 0.717) is 0 Å². The van der Waals surface area contributed by atoms with E-state index in [2.05, 4.69) is 22.2 Å². The highest BCUT2D eigenvalue weighted by Gasteiger charge is 1.84. The van der Waals surface area contributed by atoms with E-state index < -0.39 is 0 Å². The zero-order valence-corrected chi connectivity index (χ0v) is 5.79. The summed E-state index contributed by atoms with van der Waals surface area (Å²) in [6.45, 7) is 0. The van der Waals surface area contributed by atoms with Crippen LogP contribution in [0.25, 0.3) is 0 Å². The molecule has 0 fully saturated rings. The third kappa shape index (κ3) is 2.00. The summed E-state index contributed by atoms with van der Waals surface area (Å²) in [5, 5.41) is 0. The molecule has 6 N–H and O–H groups in total. The molecule has 1 heterocycles. The van der Waals surface area contributed by atoms with Crippen LogP contribution in [0.5, 0.6) is 0 Å². The Morgan fingerprint density at radius 1 is 1.50 bits per heavy atom. The predicted molar refractivity (Wildman–Crippen MR) is 40.3 cm³/mol. The predicted octanol–water partition coefficient (Wildman–Crippen LogP) is -0.810. The Hall–Kier alpha value is -1.14. The number of aromatic amines is 2. The van der Waals surface area contributed by atoms with Crippen molar-refractivity contribution in [3.05, 3.63) is 21.2 Å². The summed E-state index contributed by atoms with van der Waals surface area (Å²) in [5.74, 6) is 0.281. The molecule has 1 aromatic heterocycles. The average molecular weight is 161 g/mol. The first-order valence-electron chi connectivity index (χ1n) is 2.27. The molecular formula is C4H7N3O2S. The first-order chi connectivity index (χ1) is 4.18. The molecule has 0 unspecified atom stereocenters. The van der Waals surface area contributed by atoms with E-state index in [1.54, 1.807) is 0 Å². The van der Waals surface area contributed by atoms with E-state index in [9.17, 15) is 4.79 Å². The molecular weight excluding hydrogens is 154 g/mol. The maximum absolute atomic E-state index is 10.5. The average Bonchev–Trinajstić information content (AvgIpc) is 1.59. The van der Waals surface area contributed by atoms with Crippen molar-refractivity contribution in [3.8, 4) is 0 Å². The Labute approximate surface area is 61.2 Å². The maximum atomic E-state index is 10.5. The summed E-state index contributed by atoms with van der Waals surface area (Å²) in [6, 6.07) is 1.23. The first kappa shape index (κ1) is 8.86. The monoisotopic (exact) mass is 161 g/mol. The van der Waals surface area contributed by atoms with Crippen molar-refractivity contribution in [2.75, 3.05) is 5.73 Å². The fourth-order valence-corrected chi connectivity index (χ4v) is 0.706. The molecule has 0 atom stereocenters. The lowest BCUT2D eigenvalue weighted by molar-refractivity contribution is 0.824. The maximum Gasteiger partial charge on any atom is 0.253 e. The van der Waals surface area contributed by atoms with Gasteiger partial charge in [-0.15, -0.1) is 0 Å². The molecule has 1 rings (SSSR count). The van der Waals surface area contributed by atoms with Crippen molar-refractivity contribution in [1.82, 2.24) is 9.97 Å². The normalized spacial score (nSPS) is 8.40. The molecule has 0 aliphatic heterocycles. The van der Waals surface area contributed by atoms with E-state index in [1.807, 2.05) is 0 Å². The van der Waals surface area contributed by atoms with E-state index in [4.69, 9.17) is 5.73 Å². The first-order valence-corrected chi connectivity index (χ1v) is 2.68. The van der Waals surface area contributed by atoms with Gasteiger partial charge in [-0.2, -0.15) is 0 Å². The number of H-pyrrole nitrogens is 2. The highest BCUT2D eigenvalue weighted by Crippen LogP contribution is 1.84. The van der Waals surface area contributed by atoms with E-state index in [1.165, 1.54) is 6.07 Å². The molecule has 0 aliphatic rings. The Morgan fingerprint density at radius 3 is 2.50 bits per heavy atom. The van der Waals surface area contributed by atoms with Crippen molar-refractivity contribution < 1.29 is 5.48 Å². The fraction of sp³-hybridized carbons (Fsp3) is 0. The van der Waals surface area contributed by atoms with Gasteiger partial charge < -0.3 is 16.2 Å². The van der Waals surface area contributed by atoms with Gasteiger partial charge in [-0.25, -0.2) is 0 Å². The van der Waals surface area contributed by atoms with Gasteiger partial charge in [0.25, 0.3) is 5.56 Å². The number of aromatic nitrogens is 2. The number of anilines is 1. The molecule has 0 radical (unpaired) electrons. The minimum atomic E-state index is -0.281. The smallest absolute Gasteiger partial charge is 0.253 e. The van der Waals surface area contributed by atoms with Crippen molar-refractivity contribution in [1.29, 1.82) is 0 Å². The fourth-order valence-electron chi connectivity index (χ4n) is 0.488. The van der Waals surface area contributed by atoms with Gasteiger partial charge in [0.1, 0.15) is 5.82 Å². The molecule has 56 valence electrons. The number of hydrogen-bond donors (Lipinski definition) is 3. The lowest BCUT2D eigenvalue weighted by Gasteiger charge is -1.87. The highest BCUT2D eigenvalue weighted by atomic mass is 32.1. The molecule has 0 saturated heterocycles. The molecule has 0 amide bonds. The summed E-state index contributed by atoms with van der Waals surface area (Å²) in [7, 11) is 0. The number of hydrogen-bond acceptors (Lipinski definition) is 3. The molecule has 6 heteroatoms. The van der Waals surface area contributed by atoms with Crippen LogP contribution in [0.15, 0.2) is 10.9 Å². The van der Waals surface area contributed by atoms with Crippen LogP contribution in [0.4, 0.5) is 5.82 Å². The van der Waals surface area contributed by atoms with Crippen LogP contribution in [0, 0.1) is 4.77 Å². The topological polar surface area (TPSA) is 106 Å². The molecule has 0 bridgehead atoms. The highest BCUT2D eigenvalue weighted by molar-refractivity contribution is 7.71. The lowest BCUT2D eigenvalue weighted by atomic mass is 10.6. The third-order valence-electron chi connectivity index (χ3n) is 0.781. The SMILES string of the molecule is Nc1cc(=O)[nH]c(=S)[nH]1.O. The molecule has 10 heavy (non-hydrogen) atoms. The van der Waals surface area contributed by atoms with Crippen molar-refractivity contribution in [2.45, 2.75) is 0 Å². The summed E-state index contributed by atoms with van der Waals surface area (Å²) >= 11 is 4.60. The number of nitrogens with two attached hydrogens (primary N) is 1. The summed E-state index contributed by atoms with van der Waals surface area (Å²) in [5.41, 5.74) is 4.94. The van der Waals surface area contributed by atoms with Gasteiger partial charge in [0, 0.05) is 6.07 Å². The minimum Gasteiger partial charge on any atom is -0.412 e.